The van der Waals surface area contributed by atoms with Gasteiger partial charge >= 0.3 is 0 Å². The van der Waals surface area contributed by atoms with Gasteiger partial charge in [0.05, 0.1) is 57.9 Å². The highest BCUT2D eigenvalue weighted by atomic mass is 35.5. The summed E-state index contributed by atoms with van der Waals surface area (Å²) >= 11 is 0. The van der Waals surface area contributed by atoms with Gasteiger partial charge in [0.25, 0.3) is 0 Å². The fourth-order valence-corrected chi connectivity index (χ4v) is 4.38. The molecule has 184 valence electrons. The molecule has 2 N–H and O–H groups in total. The lowest BCUT2D eigenvalue weighted by Crippen LogP contribution is -3.12. The lowest BCUT2D eigenvalue weighted by molar-refractivity contribution is -0.896. The molecule has 1 aromatic heterocycles. The molecule has 3 rings (SSSR count). The zero-order valence-corrected chi connectivity index (χ0v) is 21.9. The maximum absolute atomic E-state index is 14.2. The summed E-state index contributed by atoms with van der Waals surface area (Å²) in [5, 5.41) is 3.44. The van der Waals surface area contributed by atoms with Crippen molar-refractivity contribution in [2.24, 2.45) is 0 Å². The summed E-state index contributed by atoms with van der Waals surface area (Å²) in [5.41, 5.74) is 3.29. The third-order valence-electron chi connectivity index (χ3n) is 6.58. The predicted molar refractivity (Wildman–Crippen MR) is 129 cm³/mol. The van der Waals surface area contributed by atoms with Gasteiger partial charge in [0, 0.05) is 17.1 Å². The molecule has 0 aliphatic heterocycles. The van der Waals surface area contributed by atoms with Crippen LogP contribution in [-0.4, -0.2) is 57.0 Å². The first-order valence-electron chi connectivity index (χ1n) is 11.9. The number of quaternary nitrogens is 2. The van der Waals surface area contributed by atoms with Crippen molar-refractivity contribution in [3.8, 4) is 11.1 Å². The summed E-state index contributed by atoms with van der Waals surface area (Å²) in [4.78, 5) is 3.21. The number of nitrogens with one attached hydrogen (secondary N) is 2. The van der Waals surface area contributed by atoms with Gasteiger partial charge in [-0.15, -0.1) is 0 Å². The van der Waals surface area contributed by atoms with Crippen LogP contribution >= 0.6 is 0 Å². The van der Waals surface area contributed by atoms with E-state index in [0.29, 0.717) is 0 Å². The molecule has 0 saturated carbocycles. The Morgan fingerprint density at radius 2 is 1.33 bits per heavy atom. The smallest absolute Gasteiger partial charge is 0.123 e. The van der Waals surface area contributed by atoms with E-state index in [2.05, 4.69) is 55.7 Å². The minimum atomic E-state index is -0.186. The van der Waals surface area contributed by atoms with Gasteiger partial charge in [-0.25, -0.2) is 4.39 Å². The summed E-state index contributed by atoms with van der Waals surface area (Å²) in [7, 11) is 0. The summed E-state index contributed by atoms with van der Waals surface area (Å²) in [6.45, 7) is 17.7. The maximum Gasteiger partial charge on any atom is 0.123 e. The molecule has 0 bridgehead atoms. The molecule has 1 heterocycles. The largest absolute Gasteiger partial charge is 1.00 e. The van der Waals surface area contributed by atoms with Crippen molar-refractivity contribution >= 4 is 10.9 Å². The molecule has 0 amide bonds. The maximum atomic E-state index is 14.2. The lowest BCUT2D eigenvalue weighted by Gasteiger charge is -2.29. The van der Waals surface area contributed by atoms with Gasteiger partial charge in [-0.3, -0.25) is 4.68 Å². The van der Waals surface area contributed by atoms with Crippen LogP contribution in [0.1, 0.15) is 27.7 Å². The standard InChI is InChI=1S/C26H37FN4.2ClH/c1-5-28(6-2)16-18-30(19-17-29(7-3)8-4)31-21-25(22-12-10-9-11-13-22)24-20-23(27)14-15-26(24)31;;/h9-15,20-21H,5-8,16-19H2,1-4H3;2*1H. The summed E-state index contributed by atoms with van der Waals surface area (Å²) in [6.07, 6.45) is 2.20. The molecular weight excluding hydrogens is 458 g/mol. The highest BCUT2D eigenvalue weighted by Gasteiger charge is 2.18. The average molecular weight is 498 g/mol. The van der Waals surface area contributed by atoms with Crippen LogP contribution in [0.5, 0.6) is 0 Å². The van der Waals surface area contributed by atoms with E-state index in [1.807, 2.05) is 24.3 Å². The van der Waals surface area contributed by atoms with E-state index in [4.69, 9.17) is 0 Å². The molecule has 0 aliphatic carbocycles. The fraction of sp³-hybridized carbons (Fsp3) is 0.462. The van der Waals surface area contributed by atoms with Gasteiger partial charge in [0.2, 0.25) is 0 Å². The van der Waals surface area contributed by atoms with Crippen LogP contribution in [0, 0.1) is 5.82 Å². The van der Waals surface area contributed by atoms with Gasteiger partial charge in [0.1, 0.15) is 5.82 Å². The zero-order valence-electron chi connectivity index (χ0n) is 20.4. The van der Waals surface area contributed by atoms with Crippen molar-refractivity contribution in [1.29, 1.82) is 0 Å². The normalized spacial score (nSPS) is 11.0. The second-order valence-corrected chi connectivity index (χ2v) is 8.28. The predicted octanol–water partition coefficient (Wildman–Crippen LogP) is -3.76. The van der Waals surface area contributed by atoms with Gasteiger partial charge < -0.3 is 39.6 Å². The number of likely N-dealkylation sites (N-methyl/N-ethyl adjacent to an activating group) is 2. The van der Waals surface area contributed by atoms with Crippen molar-refractivity contribution in [2.45, 2.75) is 27.7 Å². The summed E-state index contributed by atoms with van der Waals surface area (Å²) in [6, 6.07) is 15.5. The van der Waals surface area contributed by atoms with E-state index < -0.39 is 0 Å². The number of nitrogens with zero attached hydrogens (tertiary/aromatic N) is 2. The van der Waals surface area contributed by atoms with E-state index in [-0.39, 0.29) is 30.6 Å². The second-order valence-electron chi connectivity index (χ2n) is 8.28. The molecule has 0 spiro atoms. The molecule has 0 saturated heterocycles. The molecular formula is C26H39Cl2FN4. The van der Waals surface area contributed by atoms with Crippen LogP contribution in [0.25, 0.3) is 22.0 Å². The lowest BCUT2D eigenvalue weighted by atomic mass is 10.1. The Hall–Kier alpha value is -1.79. The molecule has 0 atom stereocenters. The summed E-state index contributed by atoms with van der Waals surface area (Å²) in [5.74, 6) is -0.186. The highest BCUT2D eigenvalue weighted by Crippen LogP contribution is 2.31. The number of hydrogen-bond donors (Lipinski definition) is 2. The van der Waals surface area contributed by atoms with E-state index in [0.717, 1.165) is 74.4 Å². The fourth-order valence-electron chi connectivity index (χ4n) is 4.38. The molecule has 0 radical (unpaired) electrons. The van der Waals surface area contributed by atoms with Crippen LogP contribution in [0.3, 0.4) is 0 Å². The number of benzene rings is 2. The van der Waals surface area contributed by atoms with Crippen molar-refractivity contribution in [2.75, 3.05) is 57.4 Å². The first-order chi connectivity index (χ1) is 15.1. The van der Waals surface area contributed by atoms with Crippen molar-refractivity contribution in [1.82, 2.24) is 4.68 Å². The number of aromatic nitrogens is 1. The summed E-state index contributed by atoms with van der Waals surface area (Å²) < 4.78 is 16.5. The zero-order chi connectivity index (χ0) is 22.2. The van der Waals surface area contributed by atoms with E-state index >= 15 is 0 Å². The van der Waals surface area contributed by atoms with E-state index in [1.54, 1.807) is 21.9 Å². The molecule has 4 nitrogen and oxygen atoms in total. The average Bonchev–Trinajstić information content (AvgIpc) is 3.17. The molecule has 2 aromatic carbocycles. The van der Waals surface area contributed by atoms with Crippen molar-refractivity contribution in [3.05, 3.63) is 60.5 Å². The van der Waals surface area contributed by atoms with E-state index in [9.17, 15) is 4.39 Å². The molecule has 0 aliphatic rings. The van der Waals surface area contributed by atoms with Crippen molar-refractivity contribution in [3.63, 3.8) is 0 Å². The van der Waals surface area contributed by atoms with Crippen molar-refractivity contribution < 1.29 is 39.0 Å². The van der Waals surface area contributed by atoms with Crippen LogP contribution in [0.4, 0.5) is 4.39 Å². The molecule has 3 aromatic rings. The molecule has 0 unspecified atom stereocenters. The second kappa shape index (κ2) is 14.5. The Bertz CT molecular complexity index is 924. The van der Waals surface area contributed by atoms with Gasteiger partial charge in [-0.1, -0.05) is 30.3 Å². The number of rotatable bonds is 12. The Balaban J connectivity index is 0.00000272. The molecule has 0 fully saturated rings. The first kappa shape index (κ1) is 29.2. The Morgan fingerprint density at radius 3 is 1.85 bits per heavy atom. The minimum Gasteiger partial charge on any atom is -1.00 e. The quantitative estimate of drug-likeness (QED) is 0.263. The van der Waals surface area contributed by atoms with Crippen LogP contribution < -0.4 is 39.6 Å². The Morgan fingerprint density at radius 1 is 0.788 bits per heavy atom. The Labute approximate surface area is 211 Å². The van der Waals surface area contributed by atoms with Gasteiger partial charge in [-0.05, 0) is 51.5 Å². The number of halogens is 3. The number of fused-ring (bicyclic) bond motifs is 1. The Kier molecular flexibility index (Phi) is 12.8. The third-order valence-corrected chi connectivity index (χ3v) is 6.58. The van der Waals surface area contributed by atoms with Crippen LogP contribution in [0.2, 0.25) is 0 Å². The first-order valence-corrected chi connectivity index (χ1v) is 11.9. The third kappa shape index (κ3) is 7.35. The van der Waals surface area contributed by atoms with Gasteiger partial charge in [0.15, 0.2) is 0 Å². The van der Waals surface area contributed by atoms with Crippen LogP contribution in [-0.2, 0) is 0 Å². The van der Waals surface area contributed by atoms with Gasteiger partial charge in [-0.2, -0.15) is 0 Å². The van der Waals surface area contributed by atoms with E-state index in [1.165, 1.54) is 0 Å². The monoisotopic (exact) mass is 496 g/mol. The van der Waals surface area contributed by atoms with Crippen LogP contribution in [0.15, 0.2) is 54.7 Å². The minimum absolute atomic E-state index is 0. The SMILES string of the molecule is CC[NH+](CC)CCN(CC[NH+](CC)CC)n1cc(-c2ccccc2)c2cc(F)ccc21.[Cl-].[Cl-]. The molecule has 33 heavy (non-hydrogen) atoms. The highest BCUT2D eigenvalue weighted by molar-refractivity contribution is 5.96. The molecule has 7 heteroatoms. The number of hydrogen-bond acceptors (Lipinski definition) is 1. The topological polar surface area (TPSA) is 17.1 Å².